The lowest BCUT2D eigenvalue weighted by atomic mass is 10.2. The van der Waals surface area contributed by atoms with E-state index in [4.69, 9.17) is 25.4 Å². The molecule has 0 aromatic heterocycles. The first kappa shape index (κ1) is 19.1. The van der Waals surface area contributed by atoms with Crippen LogP contribution in [-0.4, -0.2) is 28.5 Å². The molecule has 0 saturated heterocycles. The number of carbonyl (C=O) groups is 1. The second-order valence-corrected chi connectivity index (χ2v) is 9.33. The molecule has 1 N–H and O–H groups in total. The van der Waals surface area contributed by atoms with Crippen LogP contribution in [0.1, 0.15) is 13.8 Å². The Hall–Kier alpha value is -0.990. The molecule has 1 amide bonds. The third-order valence-electron chi connectivity index (χ3n) is 2.56. The van der Waals surface area contributed by atoms with Crippen molar-refractivity contribution in [2.24, 2.45) is 5.92 Å². The van der Waals surface area contributed by atoms with E-state index in [1.807, 2.05) is 4.72 Å². The van der Waals surface area contributed by atoms with Gasteiger partial charge in [0.05, 0.1) is 4.90 Å². The zero-order valence-corrected chi connectivity index (χ0v) is 15.1. The lowest BCUT2D eigenvalue weighted by Crippen LogP contribution is -2.33. The Balaban J connectivity index is 2.93. The first-order chi connectivity index (χ1) is 10.1. The van der Waals surface area contributed by atoms with Gasteiger partial charge in [-0.15, -0.1) is 0 Å². The Morgan fingerprint density at radius 1 is 1.18 bits per heavy atom. The van der Waals surface area contributed by atoms with Gasteiger partial charge in [-0.05, 0) is 24.3 Å². The molecule has 0 aliphatic heterocycles. The van der Waals surface area contributed by atoms with Crippen molar-refractivity contribution >= 4 is 34.5 Å². The van der Waals surface area contributed by atoms with Crippen LogP contribution < -0.4 is 9.25 Å². The molecule has 22 heavy (non-hydrogen) atoms. The average Bonchev–Trinajstić information content (AvgIpc) is 2.47. The SMILES string of the molecule is COP(=S)(OC)Oc1ccc(S(=O)(=O)NC(=O)C(C)C)cc1. The minimum absolute atomic E-state index is 0.0583. The van der Waals surface area contributed by atoms with Crippen LogP contribution in [0.15, 0.2) is 29.2 Å². The van der Waals surface area contributed by atoms with Crippen molar-refractivity contribution in [2.75, 3.05) is 14.2 Å². The van der Waals surface area contributed by atoms with Crippen LogP contribution in [0.4, 0.5) is 0 Å². The fourth-order valence-electron chi connectivity index (χ4n) is 1.27. The zero-order chi connectivity index (χ0) is 17.0. The first-order valence-corrected chi connectivity index (χ1v) is 10.3. The van der Waals surface area contributed by atoms with E-state index in [0.29, 0.717) is 5.75 Å². The molecule has 7 nitrogen and oxygen atoms in total. The molecule has 0 unspecified atom stereocenters. The van der Waals surface area contributed by atoms with Gasteiger partial charge in [0, 0.05) is 31.9 Å². The summed E-state index contributed by atoms with van der Waals surface area (Å²) in [5.41, 5.74) is 0. The summed E-state index contributed by atoms with van der Waals surface area (Å²) in [7, 11) is -1.18. The summed E-state index contributed by atoms with van der Waals surface area (Å²) in [5.74, 6) is -0.706. The van der Waals surface area contributed by atoms with Crippen molar-refractivity contribution in [3.05, 3.63) is 24.3 Å². The van der Waals surface area contributed by atoms with Crippen LogP contribution in [0.25, 0.3) is 0 Å². The first-order valence-electron chi connectivity index (χ1n) is 6.21. The quantitative estimate of drug-likeness (QED) is 0.738. The van der Waals surface area contributed by atoms with Crippen molar-refractivity contribution in [3.63, 3.8) is 0 Å². The number of hydrogen-bond acceptors (Lipinski definition) is 7. The lowest BCUT2D eigenvalue weighted by Gasteiger charge is -2.18. The maximum atomic E-state index is 12.0. The van der Waals surface area contributed by atoms with Crippen molar-refractivity contribution in [2.45, 2.75) is 18.7 Å². The Kier molecular flexibility index (Phi) is 6.51. The molecule has 0 aliphatic carbocycles. The van der Waals surface area contributed by atoms with Crippen molar-refractivity contribution < 1.29 is 26.8 Å². The number of nitrogens with one attached hydrogen (secondary N) is 1. The second-order valence-electron chi connectivity index (χ2n) is 4.50. The highest BCUT2D eigenvalue weighted by Crippen LogP contribution is 2.48. The minimum Gasteiger partial charge on any atom is -0.424 e. The summed E-state index contributed by atoms with van der Waals surface area (Å²) >= 11 is 5.05. The predicted octanol–water partition coefficient (Wildman–Crippen LogP) is 2.04. The summed E-state index contributed by atoms with van der Waals surface area (Å²) < 4.78 is 41.4. The molecule has 0 heterocycles. The Morgan fingerprint density at radius 2 is 1.68 bits per heavy atom. The average molecular weight is 367 g/mol. The number of sulfonamides is 1. The summed E-state index contributed by atoms with van der Waals surface area (Å²) in [6, 6.07) is 5.42. The van der Waals surface area contributed by atoms with Crippen molar-refractivity contribution in [3.8, 4) is 5.75 Å². The molecular formula is C12H18NO6PS2. The topological polar surface area (TPSA) is 90.9 Å². The Bertz CT molecular complexity index is 663. The van der Waals surface area contributed by atoms with Gasteiger partial charge < -0.3 is 13.6 Å². The van der Waals surface area contributed by atoms with E-state index in [9.17, 15) is 13.2 Å². The van der Waals surface area contributed by atoms with E-state index in [1.165, 1.54) is 38.5 Å². The van der Waals surface area contributed by atoms with E-state index in [0.717, 1.165) is 0 Å². The minimum atomic E-state index is -3.91. The molecule has 10 heteroatoms. The molecule has 0 atom stereocenters. The second kappa shape index (κ2) is 7.52. The maximum absolute atomic E-state index is 12.0. The number of carbonyl (C=O) groups excluding carboxylic acids is 1. The Labute approximate surface area is 135 Å². The van der Waals surface area contributed by atoms with Gasteiger partial charge >= 0.3 is 6.72 Å². The predicted molar refractivity (Wildman–Crippen MR) is 85.5 cm³/mol. The molecule has 124 valence electrons. The van der Waals surface area contributed by atoms with E-state index in [-0.39, 0.29) is 4.90 Å². The third kappa shape index (κ3) is 5.03. The van der Waals surface area contributed by atoms with E-state index >= 15 is 0 Å². The van der Waals surface area contributed by atoms with Gasteiger partial charge in [0.25, 0.3) is 10.0 Å². The lowest BCUT2D eigenvalue weighted by molar-refractivity contribution is -0.122. The van der Waals surface area contributed by atoms with Crippen LogP contribution in [0.2, 0.25) is 0 Å². The normalized spacial score (nSPS) is 12.2. The molecule has 0 spiro atoms. The molecule has 0 fully saturated rings. The largest absolute Gasteiger partial charge is 0.424 e. The van der Waals surface area contributed by atoms with Gasteiger partial charge in [-0.1, -0.05) is 13.8 Å². The summed E-state index contributed by atoms with van der Waals surface area (Å²) in [5, 5.41) is 0. The number of benzene rings is 1. The van der Waals surface area contributed by atoms with Gasteiger partial charge in [-0.2, -0.15) is 0 Å². The highest BCUT2D eigenvalue weighted by atomic mass is 32.5. The van der Waals surface area contributed by atoms with Crippen molar-refractivity contribution in [1.29, 1.82) is 0 Å². The standard InChI is InChI=1S/C12H18NO6PS2/c1-9(2)12(14)13-22(15,16)11-7-5-10(6-8-11)19-20(21,17-3)18-4/h5-9H,1-4H3,(H,13,14). The number of rotatable bonds is 7. The monoisotopic (exact) mass is 367 g/mol. The smallest absolute Gasteiger partial charge is 0.380 e. The highest BCUT2D eigenvalue weighted by molar-refractivity contribution is 8.07. The van der Waals surface area contributed by atoms with Crippen LogP contribution in [-0.2, 0) is 35.7 Å². The van der Waals surface area contributed by atoms with E-state index in [1.54, 1.807) is 13.8 Å². The van der Waals surface area contributed by atoms with Crippen LogP contribution >= 0.6 is 6.72 Å². The molecule has 0 bridgehead atoms. The fourth-order valence-corrected chi connectivity index (χ4v) is 3.32. The van der Waals surface area contributed by atoms with Crippen LogP contribution in [0, 0.1) is 5.92 Å². The number of hydrogen-bond donors (Lipinski definition) is 1. The van der Waals surface area contributed by atoms with Gasteiger partial charge in [0.1, 0.15) is 5.75 Å². The molecule has 1 rings (SSSR count). The summed E-state index contributed by atoms with van der Waals surface area (Å²) in [6.07, 6.45) is 0. The fraction of sp³-hybridized carbons (Fsp3) is 0.417. The maximum Gasteiger partial charge on any atom is 0.380 e. The summed E-state index contributed by atoms with van der Waals surface area (Å²) in [4.78, 5) is 11.4. The van der Waals surface area contributed by atoms with Crippen LogP contribution in [0.3, 0.4) is 0 Å². The van der Waals surface area contributed by atoms with E-state index in [2.05, 4.69) is 0 Å². The summed E-state index contributed by atoms with van der Waals surface area (Å²) in [6.45, 7) is 0.322. The van der Waals surface area contributed by atoms with Gasteiger partial charge in [-0.3, -0.25) is 4.79 Å². The third-order valence-corrected chi connectivity index (χ3v) is 6.37. The zero-order valence-electron chi connectivity index (χ0n) is 12.6. The molecule has 0 radical (unpaired) electrons. The van der Waals surface area contributed by atoms with E-state index < -0.39 is 28.6 Å². The van der Waals surface area contributed by atoms with Gasteiger partial charge in [0.15, 0.2) is 0 Å². The Morgan fingerprint density at radius 3 is 2.09 bits per heavy atom. The molecule has 0 aliphatic rings. The number of amides is 1. The highest BCUT2D eigenvalue weighted by Gasteiger charge is 2.21. The molecule has 1 aromatic carbocycles. The van der Waals surface area contributed by atoms with Crippen LogP contribution in [0.5, 0.6) is 5.75 Å². The van der Waals surface area contributed by atoms with Gasteiger partial charge in [0.2, 0.25) is 5.91 Å². The van der Waals surface area contributed by atoms with Crippen molar-refractivity contribution in [1.82, 2.24) is 4.72 Å². The molecule has 0 saturated carbocycles. The molecular weight excluding hydrogens is 349 g/mol. The van der Waals surface area contributed by atoms with Gasteiger partial charge in [-0.25, -0.2) is 13.1 Å². The molecule has 1 aromatic rings.